The van der Waals surface area contributed by atoms with Crippen LogP contribution in [-0.4, -0.2) is 52.0 Å². The molecule has 15 heteroatoms. The summed E-state index contributed by atoms with van der Waals surface area (Å²) in [5.74, 6) is 0.715. The molecule has 5 rings (SSSR count). The number of para-hydroxylation sites is 2. The molecule has 1 aliphatic rings. The molecule has 0 saturated heterocycles. The number of hydrogen-bond donors (Lipinski definition) is 2. The van der Waals surface area contributed by atoms with Crippen LogP contribution in [0, 0.1) is 6.92 Å². The van der Waals surface area contributed by atoms with Crippen molar-refractivity contribution in [2.24, 2.45) is 0 Å². The number of anilines is 1. The summed E-state index contributed by atoms with van der Waals surface area (Å²) < 4.78 is 74.1. The molecular formula is C26H27N5O7S3. The first-order valence-corrected chi connectivity index (χ1v) is 16.3. The van der Waals surface area contributed by atoms with Crippen LogP contribution in [0.4, 0.5) is 5.82 Å². The molecule has 0 atom stereocenters. The standard InChI is InChI=1S/C26H27N5O7S3/c1-17-9-12-21(27-16-17)40(32,33)31-25-23(38-20-7-4-3-6-19(20)36-2)26(30-24(29-25)18-10-11-18)37-14-13-28-41(34,35)22-8-5-15-39-22/h3-9,12,15-16,18,28H,10-11,13-14H2,1-2H3,(H,29,30,31). The fourth-order valence-electron chi connectivity index (χ4n) is 3.65. The molecule has 0 amide bonds. The summed E-state index contributed by atoms with van der Waals surface area (Å²) in [4.78, 5) is 13.0. The van der Waals surface area contributed by atoms with Gasteiger partial charge in [0.2, 0.25) is 15.8 Å². The largest absolute Gasteiger partial charge is 0.493 e. The summed E-state index contributed by atoms with van der Waals surface area (Å²) in [6.45, 7) is 1.59. The van der Waals surface area contributed by atoms with Crippen LogP contribution >= 0.6 is 11.3 Å². The van der Waals surface area contributed by atoms with E-state index in [1.165, 1.54) is 25.4 Å². The molecular weight excluding hydrogens is 591 g/mol. The van der Waals surface area contributed by atoms with Crippen LogP contribution in [0.1, 0.15) is 30.1 Å². The van der Waals surface area contributed by atoms with Gasteiger partial charge in [0.25, 0.3) is 15.9 Å². The number of sulfonamides is 2. The van der Waals surface area contributed by atoms with Crippen LogP contribution in [0.5, 0.6) is 23.1 Å². The average molecular weight is 618 g/mol. The molecule has 12 nitrogen and oxygen atoms in total. The Bertz CT molecular complexity index is 1730. The molecule has 0 unspecified atom stereocenters. The van der Waals surface area contributed by atoms with E-state index in [0.29, 0.717) is 11.6 Å². The van der Waals surface area contributed by atoms with Gasteiger partial charge in [-0.05, 0) is 55.0 Å². The zero-order valence-corrected chi connectivity index (χ0v) is 24.6. The Labute approximate surface area is 241 Å². The summed E-state index contributed by atoms with van der Waals surface area (Å²) >= 11 is 1.10. The predicted molar refractivity (Wildman–Crippen MR) is 152 cm³/mol. The van der Waals surface area contributed by atoms with E-state index in [1.807, 2.05) is 0 Å². The fraction of sp³-hybridized carbons (Fsp3) is 0.269. The predicted octanol–water partition coefficient (Wildman–Crippen LogP) is 4.08. The number of nitrogens with one attached hydrogen (secondary N) is 2. The lowest BCUT2D eigenvalue weighted by molar-refractivity contribution is 0.290. The van der Waals surface area contributed by atoms with E-state index in [2.05, 4.69) is 24.4 Å². The molecule has 0 radical (unpaired) electrons. The Morgan fingerprint density at radius 2 is 1.76 bits per heavy atom. The third-order valence-corrected chi connectivity index (χ3v) is 9.97. The van der Waals surface area contributed by atoms with Gasteiger partial charge in [-0.3, -0.25) is 4.72 Å². The second-order valence-corrected chi connectivity index (χ2v) is 13.6. The van der Waals surface area contributed by atoms with Crippen molar-refractivity contribution >= 4 is 37.2 Å². The zero-order chi connectivity index (χ0) is 29.0. The molecule has 0 spiro atoms. The number of aryl methyl sites for hydroxylation is 1. The normalized spacial score (nSPS) is 13.5. The Morgan fingerprint density at radius 1 is 0.976 bits per heavy atom. The first-order chi connectivity index (χ1) is 19.7. The highest BCUT2D eigenvalue weighted by Gasteiger charge is 2.32. The minimum atomic E-state index is -4.18. The van der Waals surface area contributed by atoms with Crippen molar-refractivity contribution in [3.05, 3.63) is 71.5 Å². The highest BCUT2D eigenvalue weighted by molar-refractivity contribution is 7.92. The number of benzene rings is 1. The summed E-state index contributed by atoms with van der Waals surface area (Å²) in [6, 6.07) is 12.9. The fourth-order valence-corrected chi connectivity index (χ4v) is 6.63. The topological polar surface area (TPSA) is 159 Å². The van der Waals surface area contributed by atoms with E-state index in [0.717, 1.165) is 29.7 Å². The number of ether oxygens (including phenoxy) is 3. The van der Waals surface area contributed by atoms with Gasteiger partial charge in [-0.2, -0.15) is 13.4 Å². The average Bonchev–Trinajstić information content (AvgIpc) is 3.65. The smallest absolute Gasteiger partial charge is 0.280 e. The highest BCUT2D eigenvalue weighted by Crippen LogP contribution is 2.45. The Kier molecular flexibility index (Phi) is 8.40. The molecule has 1 saturated carbocycles. The summed E-state index contributed by atoms with van der Waals surface area (Å²) in [7, 11) is -6.41. The van der Waals surface area contributed by atoms with Crippen LogP contribution in [0.3, 0.4) is 0 Å². The van der Waals surface area contributed by atoms with Crippen molar-refractivity contribution < 1.29 is 31.0 Å². The SMILES string of the molecule is COc1ccccc1Oc1c(NS(=O)(=O)c2ccc(C)cn2)nc(C2CC2)nc1OCCNS(=O)(=O)c1cccs1. The van der Waals surface area contributed by atoms with E-state index in [1.54, 1.807) is 48.7 Å². The lowest BCUT2D eigenvalue weighted by atomic mass is 10.3. The van der Waals surface area contributed by atoms with Gasteiger partial charge in [-0.1, -0.05) is 24.3 Å². The maximum atomic E-state index is 13.3. The first-order valence-electron chi connectivity index (χ1n) is 12.5. The molecule has 216 valence electrons. The van der Waals surface area contributed by atoms with Gasteiger partial charge in [0.15, 0.2) is 22.3 Å². The lowest BCUT2D eigenvalue weighted by Gasteiger charge is -2.18. The summed E-state index contributed by atoms with van der Waals surface area (Å²) in [5, 5.41) is 1.46. The van der Waals surface area contributed by atoms with Gasteiger partial charge in [-0.25, -0.2) is 23.1 Å². The van der Waals surface area contributed by atoms with Crippen molar-refractivity contribution in [3.63, 3.8) is 0 Å². The molecule has 0 aliphatic heterocycles. The molecule has 1 aromatic carbocycles. The van der Waals surface area contributed by atoms with Gasteiger partial charge in [0.05, 0.1) is 7.11 Å². The van der Waals surface area contributed by atoms with Crippen LogP contribution in [0.25, 0.3) is 0 Å². The van der Waals surface area contributed by atoms with Crippen molar-refractivity contribution in [2.75, 3.05) is 25.0 Å². The second kappa shape index (κ2) is 12.0. The Hall–Kier alpha value is -3.79. The second-order valence-electron chi connectivity index (χ2n) is 9.05. The molecule has 3 aromatic heterocycles. The highest BCUT2D eigenvalue weighted by atomic mass is 32.2. The minimum absolute atomic E-state index is 0.0238. The van der Waals surface area contributed by atoms with Crippen molar-refractivity contribution in [1.82, 2.24) is 19.7 Å². The number of nitrogens with zero attached hydrogens (tertiary/aromatic N) is 3. The number of rotatable bonds is 13. The maximum Gasteiger partial charge on any atom is 0.280 e. The maximum absolute atomic E-state index is 13.3. The van der Waals surface area contributed by atoms with Gasteiger partial charge in [0.1, 0.15) is 16.6 Å². The van der Waals surface area contributed by atoms with Crippen LogP contribution in [-0.2, 0) is 20.0 Å². The van der Waals surface area contributed by atoms with Gasteiger partial charge in [0, 0.05) is 18.7 Å². The molecule has 0 bridgehead atoms. The zero-order valence-electron chi connectivity index (χ0n) is 22.1. The number of hydrogen-bond acceptors (Lipinski definition) is 11. The molecule has 3 heterocycles. The first kappa shape index (κ1) is 28.7. The third kappa shape index (κ3) is 6.93. The summed E-state index contributed by atoms with van der Waals surface area (Å²) in [5.41, 5.74) is 0.799. The Balaban J connectivity index is 1.49. The lowest BCUT2D eigenvalue weighted by Crippen LogP contribution is -2.28. The van der Waals surface area contributed by atoms with Gasteiger partial charge in [-0.15, -0.1) is 11.3 Å². The van der Waals surface area contributed by atoms with E-state index < -0.39 is 20.0 Å². The molecule has 1 aliphatic carbocycles. The number of thiophene rings is 1. The third-order valence-electron chi connectivity index (χ3n) is 5.86. The van der Waals surface area contributed by atoms with E-state index in [4.69, 9.17) is 14.2 Å². The number of aromatic nitrogens is 3. The van der Waals surface area contributed by atoms with Crippen LogP contribution in [0.15, 0.2) is 69.3 Å². The quantitative estimate of drug-likeness (QED) is 0.209. The monoisotopic (exact) mass is 617 g/mol. The van der Waals surface area contributed by atoms with Crippen molar-refractivity contribution in [2.45, 2.75) is 34.9 Å². The minimum Gasteiger partial charge on any atom is -0.493 e. The molecule has 41 heavy (non-hydrogen) atoms. The van der Waals surface area contributed by atoms with Crippen LogP contribution < -0.4 is 23.7 Å². The van der Waals surface area contributed by atoms with Crippen LogP contribution in [0.2, 0.25) is 0 Å². The van der Waals surface area contributed by atoms with E-state index in [-0.39, 0.29) is 51.5 Å². The molecule has 4 aromatic rings. The van der Waals surface area contributed by atoms with Crippen molar-refractivity contribution in [3.8, 4) is 23.1 Å². The molecule has 1 fully saturated rings. The van der Waals surface area contributed by atoms with Gasteiger partial charge < -0.3 is 14.2 Å². The van der Waals surface area contributed by atoms with Gasteiger partial charge >= 0.3 is 0 Å². The van der Waals surface area contributed by atoms with E-state index in [9.17, 15) is 16.8 Å². The number of pyridine rings is 1. The number of methoxy groups -OCH3 is 1. The summed E-state index contributed by atoms with van der Waals surface area (Å²) in [6.07, 6.45) is 3.11. The van der Waals surface area contributed by atoms with Crippen molar-refractivity contribution in [1.29, 1.82) is 0 Å². The van der Waals surface area contributed by atoms with E-state index >= 15 is 0 Å². The molecule has 2 N–H and O–H groups in total. The Morgan fingerprint density at radius 3 is 2.41 bits per heavy atom.